The SMILES string of the molecule is C=CCN(CC(=O)N(CCOC)Cc1cccn1C)S(=O)(=O)c1ccc2ccccc2c1. The van der Waals surface area contributed by atoms with Gasteiger partial charge in [-0.15, -0.1) is 6.58 Å². The highest BCUT2D eigenvalue weighted by Gasteiger charge is 2.28. The topological polar surface area (TPSA) is 71.8 Å². The quantitative estimate of drug-likeness (QED) is 0.417. The molecule has 8 heteroatoms. The fourth-order valence-electron chi connectivity index (χ4n) is 3.47. The molecular formula is C24H29N3O4S. The van der Waals surface area contributed by atoms with Crippen molar-refractivity contribution in [2.24, 2.45) is 7.05 Å². The molecule has 32 heavy (non-hydrogen) atoms. The summed E-state index contributed by atoms with van der Waals surface area (Å²) in [5.74, 6) is -0.297. The number of aromatic nitrogens is 1. The van der Waals surface area contributed by atoms with Crippen molar-refractivity contribution in [1.29, 1.82) is 0 Å². The molecule has 7 nitrogen and oxygen atoms in total. The first kappa shape index (κ1) is 23.7. The number of carbonyl (C=O) groups is 1. The third-order valence-corrected chi connectivity index (χ3v) is 7.13. The van der Waals surface area contributed by atoms with Crippen LogP contribution in [0.15, 0.2) is 78.3 Å². The second-order valence-electron chi connectivity index (χ2n) is 7.51. The van der Waals surface area contributed by atoms with Gasteiger partial charge in [-0.25, -0.2) is 8.42 Å². The van der Waals surface area contributed by atoms with E-state index in [-0.39, 0.29) is 23.9 Å². The lowest BCUT2D eigenvalue weighted by Gasteiger charge is -2.27. The Labute approximate surface area is 189 Å². The van der Waals surface area contributed by atoms with Crippen LogP contribution in [-0.2, 0) is 33.1 Å². The number of rotatable bonds is 11. The summed E-state index contributed by atoms with van der Waals surface area (Å²) in [7, 11) is -0.422. The summed E-state index contributed by atoms with van der Waals surface area (Å²) < 4.78 is 35.0. The van der Waals surface area contributed by atoms with Gasteiger partial charge in [0.05, 0.1) is 24.6 Å². The Morgan fingerprint density at radius 2 is 1.88 bits per heavy atom. The molecule has 0 atom stereocenters. The number of aryl methyl sites for hydroxylation is 1. The van der Waals surface area contributed by atoms with E-state index >= 15 is 0 Å². The van der Waals surface area contributed by atoms with E-state index in [0.717, 1.165) is 20.8 Å². The highest BCUT2D eigenvalue weighted by Crippen LogP contribution is 2.22. The van der Waals surface area contributed by atoms with Crippen LogP contribution in [-0.4, -0.2) is 61.4 Å². The number of hydrogen-bond donors (Lipinski definition) is 0. The summed E-state index contributed by atoms with van der Waals surface area (Å²) in [6.45, 7) is 4.51. The Kier molecular flexibility index (Phi) is 7.84. The van der Waals surface area contributed by atoms with Crippen molar-refractivity contribution < 1.29 is 17.9 Å². The first-order valence-corrected chi connectivity index (χ1v) is 11.8. The number of sulfonamides is 1. The lowest BCUT2D eigenvalue weighted by atomic mass is 10.1. The van der Waals surface area contributed by atoms with Crippen LogP contribution in [0.4, 0.5) is 0 Å². The molecule has 0 aliphatic carbocycles. The Morgan fingerprint density at radius 1 is 1.12 bits per heavy atom. The van der Waals surface area contributed by atoms with Crippen LogP contribution < -0.4 is 0 Å². The van der Waals surface area contributed by atoms with Crippen LogP contribution in [0.5, 0.6) is 0 Å². The first-order chi connectivity index (χ1) is 15.4. The van der Waals surface area contributed by atoms with Gasteiger partial charge in [0.25, 0.3) is 0 Å². The first-order valence-electron chi connectivity index (χ1n) is 10.3. The summed E-state index contributed by atoms with van der Waals surface area (Å²) in [5.41, 5.74) is 0.946. The van der Waals surface area contributed by atoms with Crippen LogP contribution in [0.2, 0.25) is 0 Å². The molecule has 0 radical (unpaired) electrons. The molecule has 0 aliphatic rings. The van der Waals surface area contributed by atoms with Crippen LogP contribution in [0.1, 0.15) is 5.69 Å². The minimum Gasteiger partial charge on any atom is -0.383 e. The van der Waals surface area contributed by atoms with Crippen molar-refractivity contribution in [3.63, 3.8) is 0 Å². The molecule has 0 saturated carbocycles. The van der Waals surface area contributed by atoms with E-state index in [4.69, 9.17) is 4.74 Å². The zero-order valence-electron chi connectivity index (χ0n) is 18.5. The van der Waals surface area contributed by atoms with E-state index in [1.807, 2.05) is 54.2 Å². The number of methoxy groups -OCH3 is 1. The maximum Gasteiger partial charge on any atom is 0.243 e. The summed E-state index contributed by atoms with van der Waals surface area (Å²) in [4.78, 5) is 14.9. The fraction of sp³-hybridized carbons (Fsp3) is 0.292. The Morgan fingerprint density at radius 3 is 2.53 bits per heavy atom. The van der Waals surface area contributed by atoms with Crippen LogP contribution in [0.25, 0.3) is 10.8 Å². The molecule has 3 aromatic rings. The van der Waals surface area contributed by atoms with Gasteiger partial charge in [0.2, 0.25) is 15.9 Å². The number of fused-ring (bicyclic) bond motifs is 1. The molecule has 2 aromatic carbocycles. The molecule has 1 heterocycles. The maximum atomic E-state index is 13.4. The van der Waals surface area contributed by atoms with Gasteiger partial charge >= 0.3 is 0 Å². The largest absolute Gasteiger partial charge is 0.383 e. The number of benzene rings is 2. The van der Waals surface area contributed by atoms with Crippen molar-refractivity contribution in [3.05, 3.63) is 79.1 Å². The van der Waals surface area contributed by atoms with Gasteiger partial charge in [0, 0.05) is 39.1 Å². The van der Waals surface area contributed by atoms with E-state index in [1.54, 1.807) is 30.2 Å². The summed E-state index contributed by atoms with van der Waals surface area (Å²) >= 11 is 0. The van der Waals surface area contributed by atoms with Gasteiger partial charge in [-0.1, -0.05) is 36.4 Å². The van der Waals surface area contributed by atoms with Crippen molar-refractivity contribution in [1.82, 2.24) is 13.8 Å². The zero-order valence-corrected chi connectivity index (χ0v) is 19.3. The van der Waals surface area contributed by atoms with Crippen molar-refractivity contribution in [2.45, 2.75) is 11.4 Å². The molecule has 0 N–H and O–H groups in total. The third kappa shape index (κ3) is 5.45. The second-order valence-corrected chi connectivity index (χ2v) is 9.45. The highest BCUT2D eigenvalue weighted by molar-refractivity contribution is 7.89. The molecule has 0 unspecified atom stereocenters. The van der Waals surface area contributed by atoms with Gasteiger partial charge in [-0.2, -0.15) is 4.31 Å². The number of carbonyl (C=O) groups excluding carboxylic acids is 1. The zero-order chi connectivity index (χ0) is 23.1. The highest BCUT2D eigenvalue weighted by atomic mass is 32.2. The van der Waals surface area contributed by atoms with Crippen LogP contribution >= 0.6 is 0 Å². The molecule has 1 amide bonds. The van der Waals surface area contributed by atoms with Gasteiger partial charge in [0.15, 0.2) is 0 Å². The summed E-state index contributed by atoms with van der Waals surface area (Å²) in [6.07, 6.45) is 3.39. The van der Waals surface area contributed by atoms with E-state index in [9.17, 15) is 13.2 Å². The Bertz CT molecular complexity index is 1190. The molecule has 0 spiro atoms. The van der Waals surface area contributed by atoms with E-state index in [1.165, 1.54) is 6.08 Å². The molecule has 1 aromatic heterocycles. The van der Waals surface area contributed by atoms with E-state index < -0.39 is 10.0 Å². The van der Waals surface area contributed by atoms with Gasteiger partial charge in [0.1, 0.15) is 0 Å². The number of hydrogen-bond acceptors (Lipinski definition) is 4. The van der Waals surface area contributed by atoms with Crippen LogP contribution in [0.3, 0.4) is 0 Å². The van der Waals surface area contributed by atoms with Crippen molar-refractivity contribution >= 4 is 26.7 Å². The maximum absolute atomic E-state index is 13.4. The van der Waals surface area contributed by atoms with Gasteiger partial charge in [-0.05, 0) is 35.0 Å². The smallest absolute Gasteiger partial charge is 0.243 e. The summed E-state index contributed by atoms with van der Waals surface area (Å²) in [5, 5.41) is 1.77. The Balaban J connectivity index is 1.85. The predicted molar refractivity (Wildman–Crippen MR) is 126 cm³/mol. The predicted octanol–water partition coefficient (Wildman–Crippen LogP) is 3.03. The van der Waals surface area contributed by atoms with E-state index in [0.29, 0.717) is 19.7 Å². The lowest BCUT2D eigenvalue weighted by molar-refractivity contribution is -0.132. The molecular weight excluding hydrogens is 426 g/mol. The molecule has 0 bridgehead atoms. The van der Waals surface area contributed by atoms with Crippen LogP contribution in [0, 0.1) is 0 Å². The average molecular weight is 456 g/mol. The number of amides is 1. The number of nitrogens with zero attached hydrogens (tertiary/aromatic N) is 3. The third-order valence-electron chi connectivity index (χ3n) is 5.33. The fourth-order valence-corrected chi connectivity index (χ4v) is 4.87. The van der Waals surface area contributed by atoms with Crippen molar-refractivity contribution in [3.8, 4) is 0 Å². The van der Waals surface area contributed by atoms with E-state index in [2.05, 4.69) is 6.58 Å². The standard InChI is InChI=1S/C24H29N3O4S/c1-4-13-27(32(29,30)23-12-11-20-8-5-6-9-21(20)17-23)19-24(28)26(15-16-31-3)18-22-10-7-14-25(22)2/h4-12,14,17H,1,13,15-16,18-19H2,2-3H3. The van der Waals surface area contributed by atoms with Gasteiger partial charge in [-0.3, -0.25) is 4.79 Å². The van der Waals surface area contributed by atoms with Crippen molar-refractivity contribution in [2.75, 3.05) is 33.4 Å². The monoisotopic (exact) mass is 455 g/mol. The molecule has 3 rings (SSSR count). The minimum atomic E-state index is -3.90. The average Bonchev–Trinajstić information content (AvgIpc) is 3.20. The molecule has 170 valence electrons. The lowest BCUT2D eigenvalue weighted by Crippen LogP contribution is -2.44. The minimum absolute atomic E-state index is 0.0309. The molecule has 0 fully saturated rings. The Hall–Kier alpha value is -2.94. The normalized spacial score (nSPS) is 11.7. The molecule has 0 aliphatic heterocycles. The number of ether oxygens (including phenoxy) is 1. The summed E-state index contributed by atoms with van der Waals surface area (Å²) in [6, 6.07) is 16.4. The molecule has 0 saturated heterocycles. The second kappa shape index (κ2) is 10.6. The van der Waals surface area contributed by atoms with Gasteiger partial charge < -0.3 is 14.2 Å².